The first kappa shape index (κ1) is 12.8. The summed E-state index contributed by atoms with van der Waals surface area (Å²) in [6.07, 6.45) is 7.27. The molecule has 0 spiro atoms. The normalized spacial score (nSPS) is 13.3. The highest BCUT2D eigenvalue weighted by atomic mass is 31.0. The van der Waals surface area contributed by atoms with E-state index < -0.39 is 0 Å². The van der Waals surface area contributed by atoms with E-state index in [1.54, 1.807) is 12.3 Å². The van der Waals surface area contributed by atoms with Gasteiger partial charge in [-0.25, -0.2) is 0 Å². The summed E-state index contributed by atoms with van der Waals surface area (Å²) in [5.41, 5.74) is 1.67. The topological polar surface area (TPSA) is 29.5 Å². The standard InChI is InChI=1S/C14H16NO2P/c1-15(2)8-7-12(16)11-6-5-10-4-3-9-17-13(10)14(11)18/h3-8H,9,18H2,1-2H3/b8-7-. The second kappa shape index (κ2) is 5.36. The summed E-state index contributed by atoms with van der Waals surface area (Å²) in [6.45, 7) is 0.555. The smallest absolute Gasteiger partial charge is 0.188 e. The van der Waals surface area contributed by atoms with E-state index >= 15 is 0 Å². The van der Waals surface area contributed by atoms with E-state index in [1.165, 1.54) is 0 Å². The van der Waals surface area contributed by atoms with Crippen molar-refractivity contribution in [2.24, 2.45) is 0 Å². The number of rotatable bonds is 3. The first-order chi connectivity index (χ1) is 8.59. The molecule has 1 aliphatic heterocycles. The predicted molar refractivity (Wildman–Crippen MR) is 77.5 cm³/mol. The number of hydrogen-bond donors (Lipinski definition) is 0. The van der Waals surface area contributed by atoms with Crippen molar-refractivity contribution in [1.29, 1.82) is 0 Å². The summed E-state index contributed by atoms with van der Waals surface area (Å²) in [4.78, 5) is 13.9. The fraction of sp³-hybridized carbons (Fsp3) is 0.214. The zero-order chi connectivity index (χ0) is 13.1. The average Bonchev–Trinajstić information content (AvgIpc) is 2.37. The fourth-order valence-corrected chi connectivity index (χ4v) is 2.23. The number of nitrogens with zero attached hydrogens (tertiary/aromatic N) is 1. The number of carbonyl (C=O) groups excluding carboxylic acids is 1. The summed E-state index contributed by atoms with van der Waals surface area (Å²) in [5.74, 6) is 0.765. The second-order valence-electron chi connectivity index (χ2n) is 4.30. The van der Waals surface area contributed by atoms with Gasteiger partial charge in [-0.3, -0.25) is 4.79 Å². The maximum absolute atomic E-state index is 12.1. The van der Waals surface area contributed by atoms with Crippen LogP contribution in [0.1, 0.15) is 15.9 Å². The van der Waals surface area contributed by atoms with Crippen molar-refractivity contribution < 1.29 is 9.53 Å². The summed E-state index contributed by atoms with van der Waals surface area (Å²) >= 11 is 0. The minimum atomic E-state index is -0.0188. The average molecular weight is 261 g/mol. The molecule has 0 amide bonds. The maximum atomic E-state index is 12.1. The lowest BCUT2D eigenvalue weighted by molar-refractivity contribution is 0.104. The van der Waals surface area contributed by atoms with Gasteiger partial charge in [0.2, 0.25) is 0 Å². The largest absolute Gasteiger partial charge is 0.488 e. The number of ether oxygens (including phenoxy) is 1. The lowest BCUT2D eigenvalue weighted by atomic mass is 10.0. The summed E-state index contributed by atoms with van der Waals surface area (Å²) in [7, 11) is 6.36. The Hall–Kier alpha value is -1.60. The molecule has 4 heteroatoms. The van der Waals surface area contributed by atoms with E-state index in [0.29, 0.717) is 12.2 Å². The van der Waals surface area contributed by atoms with Gasteiger partial charge < -0.3 is 9.64 Å². The highest BCUT2D eigenvalue weighted by Crippen LogP contribution is 2.25. The van der Waals surface area contributed by atoms with Crippen LogP contribution in [0.4, 0.5) is 0 Å². The number of allylic oxidation sites excluding steroid dienone is 1. The minimum Gasteiger partial charge on any atom is -0.488 e. The Balaban J connectivity index is 2.35. The monoisotopic (exact) mass is 261 g/mol. The molecule has 1 aromatic rings. The van der Waals surface area contributed by atoms with Crippen LogP contribution >= 0.6 is 9.24 Å². The third-order valence-electron chi connectivity index (χ3n) is 2.64. The van der Waals surface area contributed by atoms with Crippen molar-refractivity contribution in [3.05, 3.63) is 41.6 Å². The number of hydrogen-bond acceptors (Lipinski definition) is 3. The number of benzene rings is 1. The van der Waals surface area contributed by atoms with E-state index in [-0.39, 0.29) is 5.78 Å². The molecule has 1 aliphatic rings. The van der Waals surface area contributed by atoms with Gasteiger partial charge in [-0.15, -0.1) is 9.24 Å². The first-order valence-electron chi connectivity index (χ1n) is 5.70. The molecule has 1 atom stereocenters. The number of carbonyl (C=O) groups is 1. The molecule has 0 aromatic heterocycles. The molecule has 0 bridgehead atoms. The molecule has 0 saturated carbocycles. The van der Waals surface area contributed by atoms with E-state index in [2.05, 4.69) is 9.24 Å². The van der Waals surface area contributed by atoms with Crippen LogP contribution in [0.2, 0.25) is 0 Å². The van der Waals surface area contributed by atoms with Crippen molar-refractivity contribution in [2.45, 2.75) is 0 Å². The van der Waals surface area contributed by atoms with Gasteiger partial charge in [-0.1, -0.05) is 12.1 Å². The lowest BCUT2D eigenvalue weighted by Crippen LogP contribution is -2.15. The molecule has 2 rings (SSSR count). The number of ketones is 1. The van der Waals surface area contributed by atoms with Crippen LogP contribution < -0.4 is 10.0 Å². The van der Waals surface area contributed by atoms with Gasteiger partial charge in [0, 0.05) is 42.8 Å². The van der Waals surface area contributed by atoms with Crippen LogP contribution in [-0.4, -0.2) is 31.4 Å². The van der Waals surface area contributed by atoms with E-state index in [9.17, 15) is 4.79 Å². The maximum Gasteiger partial charge on any atom is 0.188 e. The van der Waals surface area contributed by atoms with E-state index in [1.807, 2.05) is 43.3 Å². The minimum absolute atomic E-state index is 0.0188. The highest BCUT2D eigenvalue weighted by Gasteiger charge is 2.15. The predicted octanol–water partition coefficient (Wildman–Crippen LogP) is 1.85. The Morgan fingerprint density at radius 1 is 1.44 bits per heavy atom. The third kappa shape index (κ3) is 2.62. The SMILES string of the molecule is CN(C)/C=C\C(=O)c1ccc2c(c1P)OCC=C2. The zero-order valence-electron chi connectivity index (χ0n) is 10.5. The van der Waals surface area contributed by atoms with Gasteiger partial charge in [-0.2, -0.15) is 0 Å². The molecule has 1 heterocycles. The van der Waals surface area contributed by atoms with Gasteiger partial charge >= 0.3 is 0 Å². The Bertz CT molecular complexity index is 533. The van der Waals surface area contributed by atoms with Crippen molar-refractivity contribution in [2.75, 3.05) is 20.7 Å². The first-order valence-corrected chi connectivity index (χ1v) is 6.28. The molecule has 0 fully saturated rings. The van der Waals surface area contributed by atoms with Crippen molar-refractivity contribution in [3.8, 4) is 5.75 Å². The molecule has 0 radical (unpaired) electrons. The lowest BCUT2D eigenvalue weighted by Gasteiger charge is -2.16. The van der Waals surface area contributed by atoms with Crippen molar-refractivity contribution >= 4 is 26.4 Å². The highest BCUT2D eigenvalue weighted by molar-refractivity contribution is 7.28. The van der Waals surface area contributed by atoms with E-state index in [0.717, 1.165) is 16.6 Å². The van der Waals surface area contributed by atoms with Crippen molar-refractivity contribution in [3.63, 3.8) is 0 Å². The molecular formula is C14H16NO2P. The van der Waals surface area contributed by atoms with Crippen LogP contribution in [0.5, 0.6) is 5.75 Å². The second-order valence-corrected chi connectivity index (χ2v) is 4.88. The summed E-state index contributed by atoms with van der Waals surface area (Å²) < 4.78 is 5.58. The Labute approximate surface area is 109 Å². The molecule has 94 valence electrons. The number of fused-ring (bicyclic) bond motifs is 1. The molecule has 18 heavy (non-hydrogen) atoms. The molecular weight excluding hydrogens is 245 g/mol. The Kier molecular flexibility index (Phi) is 3.83. The van der Waals surface area contributed by atoms with Crippen LogP contribution in [0, 0.1) is 0 Å². The van der Waals surface area contributed by atoms with E-state index in [4.69, 9.17) is 4.74 Å². The van der Waals surface area contributed by atoms with Gasteiger partial charge in [0.05, 0.1) is 0 Å². The van der Waals surface area contributed by atoms with Crippen LogP contribution in [-0.2, 0) is 0 Å². The zero-order valence-corrected chi connectivity index (χ0v) is 11.7. The quantitative estimate of drug-likeness (QED) is 0.472. The van der Waals surface area contributed by atoms with Crippen molar-refractivity contribution in [1.82, 2.24) is 4.90 Å². The van der Waals surface area contributed by atoms with Crippen LogP contribution in [0.3, 0.4) is 0 Å². The molecule has 1 aromatic carbocycles. The Morgan fingerprint density at radius 3 is 2.94 bits per heavy atom. The van der Waals surface area contributed by atoms with Crippen LogP contribution in [0.25, 0.3) is 6.08 Å². The molecule has 0 N–H and O–H groups in total. The van der Waals surface area contributed by atoms with Crippen LogP contribution in [0.15, 0.2) is 30.5 Å². The van der Waals surface area contributed by atoms with Gasteiger partial charge in [0.25, 0.3) is 0 Å². The van der Waals surface area contributed by atoms with Gasteiger partial charge in [0.1, 0.15) is 12.4 Å². The van der Waals surface area contributed by atoms with Gasteiger partial charge in [0.15, 0.2) is 5.78 Å². The van der Waals surface area contributed by atoms with Gasteiger partial charge in [-0.05, 0) is 12.1 Å². The fourth-order valence-electron chi connectivity index (χ4n) is 1.74. The molecule has 1 unspecified atom stereocenters. The molecule has 0 saturated heterocycles. The summed E-state index contributed by atoms with van der Waals surface area (Å²) in [5, 5.41) is 0.824. The third-order valence-corrected chi connectivity index (χ3v) is 3.21. The molecule has 3 nitrogen and oxygen atoms in total. The Morgan fingerprint density at radius 2 is 2.22 bits per heavy atom. The molecule has 0 aliphatic carbocycles. The summed E-state index contributed by atoms with van der Waals surface area (Å²) in [6, 6.07) is 3.75.